The molecule has 6 nitrogen and oxygen atoms in total. The van der Waals surface area contributed by atoms with Crippen LogP contribution in [0.4, 0.5) is 0 Å². The van der Waals surface area contributed by atoms with Crippen molar-refractivity contribution in [2.75, 3.05) is 13.2 Å². The number of amides is 1. The number of H-pyrrole nitrogens is 1. The summed E-state index contributed by atoms with van der Waals surface area (Å²) < 4.78 is 11.4. The van der Waals surface area contributed by atoms with E-state index in [-0.39, 0.29) is 12.0 Å². The van der Waals surface area contributed by atoms with E-state index < -0.39 is 0 Å². The first-order valence-corrected chi connectivity index (χ1v) is 11.7. The predicted molar refractivity (Wildman–Crippen MR) is 132 cm³/mol. The molecular weight excluding hydrogens is 450 g/mol. The van der Waals surface area contributed by atoms with E-state index in [0.717, 1.165) is 46.5 Å². The molecule has 1 aliphatic heterocycles. The Kier molecular flexibility index (Phi) is 6.52. The summed E-state index contributed by atoms with van der Waals surface area (Å²) in [7, 11) is 0. The first kappa shape index (κ1) is 22.4. The van der Waals surface area contributed by atoms with Crippen molar-refractivity contribution in [1.82, 2.24) is 14.9 Å². The van der Waals surface area contributed by atoms with Gasteiger partial charge in [0, 0.05) is 35.1 Å². The maximum Gasteiger partial charge on any atom is 0.271 e. The zero-order chi connectivity index (χ0) is 23.5. The van der Waals surface area contributed by atoms with Gasteiger partial charge in [0.05, 0.1) is 25.5 Å². The largest absolute Gasteiger partial charge is 0.488 e. The van der Waals surface area contributed by atoms with Crippen molar-refractivity contribution >= 4 is 28.4 Å². The van der Waals surface area contributed by atoms with Crippen LogP contribution in [-0.4, -0.2) is 40.1 Å². The average molecular weight is 476 g/mol. The third-order valence-corrected chi connectivity index (χ3v) is 6.32. The molecular formula is C27H26ClN3O3. The Bertz CT molecular complexity index is 1280. The molecule has 1 unspecified atom stereocenters. The SMILES string of the molecule is Cc1c(C(=O)N(Cc2ccc(OC3CCOC3)cc2)Cc2ccccn2)[nH]c2ccc(Cl)cc12. The molecule has 1 atom stereocenters. The first-order chi connectivity index (χ1) is 16.6. The van der Waals surface area contributed by atoms with Gasteiger partial charge in [0.25, 0.3) is 5.91 Å². The number of nitrogens with one attached hydrogen (secondary N) is 1. The summed E-state index contributed by atoms with van der Waals surface area (Å²) >= 11 is 6.19. The molecule has 174 valence electrons. The number of ether oxygens (including phenoxy) is 2. The van der Waals surface area contributed by atoms with Gasteiger partial charge in [-0.05, 0) is 60.5 Å². The Balaban J connectivity index is 1.40. The molecule has 3 heterocycles. The molecule has 0 saturated carbocycles. The standard InChI is InChI=1S/C27H26ClN3O3/c1-18-24-14-20(28)7-10-25(24)30-26(18)27(32)31(16-21-4-2-3-12-29-21)15-19-5-8-22(9-6-19)34-23-11-13-33-17-23/h2-10,12,14,23,30H,11,13,15-17H2,1H3. The average Bonchev–Trinajstić information content (AvgIpc) is 3.48. The molecule has 1 saturated heterocycles. The number of benzene rings is 2. The van der Waals surface area contributed by atoms with Gasteiger partial charge in [-0.25, -0.2) is 0 Å². The number of pyridine rings is 1. The van der Waals surface area contributed by atoms with Crippen LogP contribution in [0.25, 0.3) is 10.9 Å². The number of nitrogens with zero attached hydrogens (tertiary/aromatic N) is 2. The van der Waals surface area contributed by atoms with Gasteiger partial charge in [0.2, 0.25) is 0 Å². The van der Waals surface area contributed by atoms with Crippen molar-refractivity contribution in [1.29, 1.82) is 0 Å². The molecule has 7 heteroatoms. The van der Waals surface area contributed by atoms with Crippen molar-refractivity contribution in [3.63, 3.8) is 0 Å². The van der Waals surface area contributed by atoms with Gasteiger partial charge < -0.3 is 19.4 Å². The van der Waals surface area contributed by atoms with E-state index in [4.69, 9.17) is 21.1 Å². The summed E-state index contributed by atoms with van der Waals surface area (Å²) in [5.74, 6) is 0.726. The molecule has 5 rings (SSSR count). The number of fused-ring (bicyclic) bond motifs is 1. The lowest BCUT2D eigenvalue weighted by Crippen LogP contribution is -2.31. The third-order valence-electron chi connectivity index (χ3n) is 6.09. The molecule has 0 bridgehead atoms. The van der Waals surface area contributed by atoms with Crippen molar-refractivity contribution in [2.24, 2.45) is 0 Å². The smallest absolute Gasteiger partial charge is 0.271 e. The minimum atomic E-state index is -0.0843. The Hall–Kier alpha value is -3.35. The van der Waals surface area contributed by atoms with E-state index in [2.05, 4.69) is 9.97 Å². The van der Waals surface area contributed by atoms with Crippen molar-refractivity contribution in [3.05, 3.63) is 94.4 Å². The highest BCUT2D eigenvalue weighted by molar-refractivity contribution is 6.31. The molecule has 0 radical (unpaired) electrons. The molecule has 1 amide bonds. The summed E-state index contributed by atoms with van der Waals surface area (Å²) in [6.07, 6.45) is 2.75. The molecule has 1 fully saturated rings. The number of aromatic amines is 1. The monoisotopic (exact) mass is 475 g/mol. The zero-order valence-electron chi connectivity index (χ0n) is 19.0. The van der Waals surface area contributed by atoms with Gasteiger partial charge in [0.15, 0.2) is 0 Å². The van der Waals surface area contributed by atoms with Gasteiger partial charge in [-0.15, -0.1) is 0 Å². The number of hydrogen-bond donors (Lipinski definition) is 1. The Labute approximate surface area is 203 Å². The number of carbonyl (C=O) groups excluding carboxylic acids is 1. The fourth-order valence-corrected chi connectivity index (χ4v) is 4.42. The second-order valence-corrected chi connectivity index (χ2v) is 8.98. The van der Waals surface area contributed by atoms with Gasteiger partial charge in [-0.1, -0.05) is 29.8 Å². The second-order valence-electron chi connectivity index (χ2n) is 8.54. The topological polar surface area (TPSA) is 67.5 Å². The summed E-state index contributed by atoms with van der Waals surface area (Å²) in [5, 5.41) is 1.59. The van der Waals surface area contributed by atoms with Gasteiger partial charge in [-0.3, -0.25) is 9.78 Å². The van der Waals surface area contributed by atoms with E-state index >= 15 is 0 Å². The van der Waals surface area contributed by atoms with Crippen LogP contribution in [0.5, 0.6) is 5.75 Å². The maximum atomic E-state index is 13.7. The lowest BCUT2D eigenvalue weighted by Gasteiger charge is -2.23. The highest BCUT2D eigenvalue weighted by Gasteiger charge is 2.23. The van der Waals surface area contributed by atoms with Gasteiger partial charge in [-0.2, -0.15) is 0 Å². The minimum Gasteiger partial charge on any atom is -0.488 e. The summed E-state index contributed by atoms with van der Waals surface area (Å²) in [6, 6.07) is 19.2. The van der Waals surface area contributed by atoms with Crippen LogP contribution in [0.3, 0.4) is 0 Å². The zero-order valence-corrected chi connectivity index (χ0v) is 19.7. The fraction of sp³-hybridized carbons (Fsp3) is 0.259. The van der Waals surface area contributed by atoms with Crippen LogP contribution in [0.2, 0.25) is 5.02 Å². The summed E-state index contributed by atoms with van der Waals surface area (Å²) in [6.45, 7) is 4.15. The maximum absolute atomic E-state index is 13.7. The van der Waals surface area contributed by atoms with Crippen LogP contribution >= 0.6 is 11.6 Å². The molecule has 0 aliphatic carbocycles. The molecule has 4 aromatic rings. The number of halogens is 1. The lowest BCUT2D eigenvalue weighted by atomic mass is 10.1. The molecule has 1 aliphatic rings. The highest BCUT2D eigenvalue weighted by Crippen LogP contribution is 2.27. The normalized spacial score (nSPS) is 15.5. The Morgan fingerprint density at radius 1 is 1.18 bits per heavy atom. The van der Waals surface area contributed by atoms with Crippen molar-refractivity contribution in [3.8, 4) is 5.75 Å². The lowest BCUT2D eigenvalue weighted by molar-refractivity contribution is 0.0722. The highest BCUT2D eigenvalue weighted by atomic mass is 35.5. The predicted octanol–water partition coefficient (Wildman–Crippen LogP) is 5.54. The van der Waals surface area contributed by atoms with E-state index in [9.17, 15) is 4.79 Å². The first-order valence-electron chi connectivity index (χ1n) is 11.4. The van der Waals surface area contributed by atoms with Crippen LogP contribution in [0, 0.1) is 6.92 Å². The Morgan fingerprint density at radius 3 is 2.76 bits per heavy atom. The number of rotatable bonds is 7. The van der Waals surface area contributed by atoms with Crippen LogP contribution in [0.1, 0.15) is 33.7 Å². The van der Waals surface area contributed by atoms with Crippen LogP contribution in [0.15, 0.2) is 66.9 Å². The minimum absolute atomic E-state index is 0.0843. The number of aromatic nitrogens is 2. The quantitative estimate of drug-likeness (QED) is 0.381. The van der Waals surface area contributed by atoms with Gasteiger partial charge in [0.1, 0.15) is 17.5 Å². The molecule has 2 aromatic heterocycles. The van der Waals surface area contributed by atoms with Crippen LogP contribution < -0.4 is 4.74 Å². The second kappa shape index (κ2) is 9.87. The van der Waals surface area contributed by atoms with E-state index in [1.165, 1.54) is 0 Å². The number of hydrogen-bond acceptors (Lipinski definition) is 4. The van der Waals surface area contributed by atoms with Gasteiger partial charge >= 0.3 is 0 Å². The van der Waals surface area contributed by atoms with E-state index in [1.807, 2.05) is 72.5 Å². The van der Waals surface area contributed by atoms with E-state index in [1.54, 1.807) is 6.20 Å². The number of aryl methyl sites for hydroxylation is 1. The van der Waals surface area contributed by atoms with E-state index in [0.29, 0.717) is 30.4 Å². The van der Waals surface area contributed by atoms with Crippen LogP contribution in [-0.2, 0) is 17.8 Å². The third kappa shape index (κ3) is 4.93. The molecule has 2 aromatic carbocycles. The molecule has 0 spiro atoms. The summed E-state index contributed by atoms with van der Waals surface area (Å²) in [4.78, 5) is 23.3. The van der Waals surface area contributed by atoms with Crippen molar-refractivity contribution < 1.29 is 14.3 Å². The Morgan fingerprint density at radius 2 is 2.03 bits per heavy atom. The molecule has 34 heavy (non-hydrogen) atoms. The fourth-order valence-electron chi connectivity index (χ4n) is 4.25. The van der Waals surface area contributed by atoms with Crippen molar-refractivity contribution in [2.45, 2.75) is 32.5 Å². The number of carbonyl (C=O) groups is 1. The summed E-state index contributed by atoms with van der Waals surface area (Å²) in [5.41, 5.74) is 4.18. The molecule has 1 N–H and O–H groups in total.